The maximum atomic E-state index is 12.8. The third-order valence-electron chi connectivity index (χ3n) is 3.67. The van der Waals surface area contributed by atoms with Gasteiger partial charge >= 0.3 is 0 Å². The molecule has 1 heterocycles. The smallest absolute Gasteiger partial charge is 0.151 e. The summed E-state index contributed by atoms with van der Waals surface area (Å²) >= 11 is 0. The predicted molar refractivity (Wildman–Crippen MR) is 76.2 cm³/mol. The maximum Gasteiger partial charge on any atom is 0.151 e. The minimum Gasteiger partial charge on any atom is -0.381 e. The number of halogens is 1. The van der Waals surface area contributed by atoms with Crippen molar-refractivity contribution >= 4 is 5.78 Å². The van der Waals surface area contributed by atoms with E-state index in [2.05, 4.69) is 4.90 Å². The Morgan fingerprint density at radius 3 is 2.60 bits per heavy atom. The zero-order valence-corrected chi connectivity index (χ0v) is 12.0. The highest BCUT2D eigenvalue weighted by Gasteiger charge is 2.17. The van der Waals surface area contributed by atoms with E-state index in [1.165, 1.54) is 12.1 Å². The highest BCUT2D eigenvalue weighted by atomic mass is 19.1. The van der Waals surface area contributed by atoms with Crippen LogP contribution < -0.4 is 0 Å². The van der Waals surface area contributed by atoms with Crippen molar-refractivity contribution in [1.29, 1.82) is 0 Å². The molecule has 110 valence electrons. The van der Waals surface area contributed by atoms with Crippen LogP contribution in [0.2, 0.25) is 0 Å². The van der Waals surface area contributed by atoms with Gasteiger partial charge in [-0.2, -0.15) is 0 Å². The van der Waals surface area contributed by atoms with Crippen LogP contribution in [-0.4, -0.2) is 44.0 Å². The second kappa shape index (κ2) is 7.50. The van der Waals surface area contributed by atoms with Crippen LogP contribution in [0, 0.1) is 11.7 Å². The molecule has 3 nitrogen and oxygen atoms in total. The number of ketones is 1. The molecule has 1 aliphatic heterocycles. The van der Waals surface area contributed by atoms with E-state index in [9.17, 15) is 9.18 Å². The lowest BCUT2D eigenvalue weighted by atomic mass is 9.99. The van der Waals surface area contributed by atoms with E-state index < -0.39 is 0 Å². The average molecular weight is 279 g/mol. The molecule has 4 heteroatoms. The van der Waals surface area contributed by atoms with Crippen LogP contribution in [0.15, 0.2) is 24.3 Å². The minimum atomic E-state index is -0.266. The molecule has 1 aromatic carbocycles. The molecule has 0 unspecified atom stereocenters. The standard InChI is InChI=1S/C16H22FNO2/c1-18(11-14-6-8-20-9-7-14)12-16(19)10-13-2-4-15(17)5-3-13/h2-5,14H,6-12H2,1H3. The van der Waals surface area contributed by atoms with Crippen LogP contribution in [0.25, 0.3) is 0 Å². The van der Waals surface area contributed by atoms with Crippen LogP contribution >= 0.6 is 0 Å². The molecular formula is C16H22FNO2. The average Bonchev–Trinajstić information content (AvgIpc) is 2.42. The van der Waals surface area contributed by atoms with Gasteiger partial charge in [0.15, 0.2) is 5.78 Å². The molecule has 0 N–H and O–H groups in total. The first-order chi connectivity index (χ1) is 9.63. The van der Waals surface area contributed by atoms with E-state index in [-0.39, 0.29) is 11.6 Å². The van der Waals surface area contributed by atoms with Crippen molar-refractivity contribution < 1.29 is 13.9 Å². The first-order valence-electron chi connectivity index (χ1n) is 7.16. The van der Waals surface area contributed by atoms with Crippen LogP contribution in [0.4, 0.5) is 4.39 Å². The second-order valence-electron chi connectivity index (χ2n) is 5.59. The number of benzene rings is 1. The number of ether oxygens (including phenoxy) is 1. The lowest BCUT2D eigenvalue weighted by molar-refractivity contribution is -0.119. The van der Waals surface area contributed by atoms with Gasteiger partial charge in [-0.25, -0.2) is 4.39 Å². The zero-order valence-electron chi connectivity index (χ0n) is 12.0. The molecule has 20 heavy (non-hydrogen) atoms. The Hall–Kier alpha value is -1.26. The number of carbonyl (C=O) groups is 1. The van der Waals surface area contributed by atoms with Crippen LogP contribution in [0.5, 0.6) is 0 Å². The molecule has 0 radical (unpaired) electrons. The molecular weight excluding hydrogens is 257 g/mol. The molecule has 1 fully saturated rings. The maximum absolute atomic E-state index is 12.8. The van der Waals surface area contributed by atoms with Gasteiger partial charge in [0.2, 0.25) is 0 Å². The zero-order chi connectivity index (χ0) is 14.4. The van der Waals surface area contributed by atoms with Gasteiger partial charge in [0, 0.05) is 26.2 Å². The lowest BCUT2D eigenvalue weighted by Gasteiger charge is -2.26. The molecule has 0 atom stereocenters. The molecule has 0 saturated carbocycles. The number of likely N-dealkylation sites (N-methyl/N-ethyl adjacent to an activating group) is 1. The fourth-order valence-corrected chi connectivity index (χ4v) is 2.62. The summed E-state index contributed by atoms with van der Waals surface area (Å²) in [5, 5.41) is 0. The molecule has 0 aromatic heterocycles. The molecule has 0 aliphatic carbocycles. The van der Waals surface area contributed by atoms with Gasteiger partial charge in [-0.1, -0.05) is 12.1 Å². The molecule has 0 amide bonds. The number of hydrogen-bond acceptors (Lipinski definition) is 3. The van der Waals surface area contributed by atoms with Crippen molar-refractivity contribution in [2.45, 2.75) is 19.3 Å². The van der Waals surface area contributed by atoms with E-state index in [1.54, 1.807) is 12.1 Å². The number of Topliss-reactive ketones (excluding diaryl/α,β-unsaturated/α-hetero) is 1. The Morgan fingerprint density at radius 2 is 1.95 bits per heavy atom. The highest BCUT2D eigenvalue weighted by molar-refractivity contribution is 5.82. The summed E-state index contributed by atoms with van der Waals surface area (Å²) in [7, 11) is 1.98. The summed E-state index contributed by atoms with van der Waals surface area (Å²) in [6.07, 6.45) is 2.53. The minimum absolute atomic E-state index is 0.172. The Bertz CT molecular complexity index is 427. The van der Waals surface area contributed by atoms with Crippen LogP contribution in [0.1, 0.15) is 18.4 Å². The van der Waals surface area contributed by atoms with Gasteiger partial charge in [-0.3, -0.25) is 9.69 Å². The number of carbonyl (C=O) groups excluding carboxylic acids is 1. The first kappa shape index (κ1) is 15.1. The van der Waals surface area contributed by atoms with Gasteiger partial charge < -0.3 is 4.74 Å². The van der Waals surface area contributed by atoms with Gasteiger partial charge in [0.05, 0.1) is 6.54 Å². The van der Waals surface area contributed by atoms with Crippen molar-refractivity contribution in [2.75, 3.05) is 33.4 Å². The van der Waals surface area contributed by atoms with Gasteiger partial charge in [0.1, 0.15) is 5.82 Å². The monoisotopic (exact) mass is 279 g/mol. The summed E-state index contributed by atoms with van der Waals surface area (Å²) in [5.41, 5.74) is 0.871. The second-order valence-corrected chi connectivity index (χ2v) is 5.59. The van der Waals surface area contributed by atoms with Crippen molar-refractivity contribution in [3.8, 4) is 0 Å². The molecule has 0 bridgehead atoms. The molecule has 1 aliphatic rings. The van der Waals surface area contributed by atoms with E-state index in [0.717, 1.165) is 38.2 Å². The Kier molecular flexibility index (Phi) is 5.68. The quantitative estimate of drug-likeness (QED) is 0.800. The largest absolute Gasteiger partial charge is 0.381 e. The summed E-state index contributed by atoms with van der Waals surface area (Å²) in [4.78, 5) is 14.1. The molecule has 1 saturated heterocycles. The summed E-state index contributed by atoms with van der Waals surface area (Å²) < 4.78 is 18.1. The van der Waals surface area contributed by atoms with E-state index in [0.29, 0.717) is 18.9 Å². The van der Waals surface area contributed by atoms with Crippen LogP contribution in [0.3, 0.4) is 0 Å². The third kappa shape index (κ3) is 5.02. The fraction of sp³-hybridized carbons (Fsp3) is 0.562. The van der Waals surface area contributed by atoms with Crippen LogP contribution in [-0.2, 0) is 16.0 Å². The van der Waals surface area contributed by atoms with E-state index in [1.807, 2.05) is 7.05 Å². The number of rotatable bonds is 6. The van der Waals surface area contributed by atoms with Gasteiger partial charge in [0.25, 0.3) is 0 Å². The first-order valence-corrected chi connectivity index (χ1v) is 7.16. The van der Waals surface area contributed by atoms with E-state index in [4.69, 9.17) is 4.74 Å². The van der Waals surface area contributed by atoms with Crippen molar-refractivity contribution in [2.24, 2.45) is 5.92 Å². The summed E-state index contributed by atoms with van der Waals surface area (Å²) in [6.45, 7) is 3.07. The summed E-state index contributed by atoms with van der Waals surface area (Å²) in [5.74, 6) is 0.538. The lowest BCUT2D eigenvalue weighted by Crippen LogP contribution is -2.33. The predicted octanol–water partition coefficient (Wildman–Crippen LogP) is 2.30. The van der Waals surface area contributed by atoms with Gasteiger partial charge in [-0.15, -0.1) is 0 Å². The number of hydrogen-bond donors (Lipinski definition) is 0. The fourth-order valence-electron chi connectivity index (χ4n) is 2.62. The molecule has 2 rings (SSSR count). The Balaban J connectivity index is 1.74. The van der Waals surface area contributed by atoms with Crippen molar-refractivity contribution in [1.82, 2.24) is 4.90 Å². The Morgan fingerprint density at radius 1 is 1.30 bits per heavy atom. The van der Waals surface area contributed by atoms with Crippen molar-refractivity contribution in [3.05, 3.63) is 35.6 Å². The molecule has 1 aromatic rings. The Labute approximate surface area is 119 Å². The normalized spacial score (nSPS) is 16.6. The molecule has 0 spiro atoms. The van der Waals surface area contributed by atoms with Crippen molar-refractivity contribution in [3.63, 3.8) is 0 Å². The third-order valence-corrected chi connectivity index (χ3v) is 3.67. The topological polar surface area (TPSA) is 29.5 Å². The number of nitrogens with zero attached hydrogens (tertiary/aromatic N) is 1. The highest BCUT2D eigenvalue weighted by Crippen LogP contribution is 2.15. The van der Waals surface area contributed by atoms with Gasteiger partial charge in [-0.05, 0) is 43.5 Å². The summed E-state index contributed by atoms with van der Waals surface area (Å²) in [6, 6.07) is 6.14. The van der Waals surface area contributed by atoms with E-state index >= 15 is 0 Å². The SMILES string of the molecule is CN(CC(=O)Cc1ccc(F)cc1)CC1CCOCC1.